The molecule has 0 atom stereocenters. The van der Waals surface area contributed by atoms with E-state index < -0.39 is 0 Å². The maximum Gasteiger partial charge on any atom is 0.137 e. The monoisotopic (exact) mass is 251 g/mol. The number of nitrogens with one attached hydrogen (secondary N) is 1. The van der Waals surface area contributed by atoms with Crippen LogP contribution in [0, 0.1) is 0 Å². The van der Waals surface area contributed by atoms with E-state index in [0.717, 1.165) is 11.4 Å². The summed E-state index contributed by atoms with van der Waals surface area (Å²) >= 11 is 6.03. The van der Waals surface area contributed by atoms with Gasteiger partial charge >= 0.3 is 0 Å². The van der Waals surface area contributed by atoms with Crippen molar-refractivity contribution in [1.29, 1.82) is 0 Å². The van der Waals surface area contributed by atoms with Crippen LogP contribution < -0.4 is 10.1 Å². The molecular formula is C12H14ClN3O. The van der Waals surface area contributed by atoms with E-state index in [2.05, 4.69) is 10.4 Å². The molecule has 1 aromatic carbocycles. The summed E-state index contributed by atoms with van der Waals surface area (Å²) in [6.07, 6.45) is 1.91. The van der Waals surface area contributed by atoms with E-state index >= 15 is 0 Å². The van der Waals surface area contributed by atoms with Gasteiger partial charge in [0.2, 0.25) is 0 Å². The highest BCUT2D eigenvalue weighted by Gasteiger charge is 2.02. The average molecular weight is 252 g/mol. The Hall–Kier alpha value is -1.68. The summed E-state index contributed by atoms with van der Waals surface area (Å²) in [4.78, 5) is 0. The zero-order valence-corrected chi connectivity index (χ0v) is 10.5. The predicted molar refractivity (Wildman–Crippen MR) is 68.5 cm³/mol. The number of nitrogens with zero attached hydrogens (tertiary/aromatic N) is 2. The molecule has 2 rings (SSSR count). The van der Waals surface area contributed by atoms with E-state index in [1.165, 1.54) is 0 Å². The van der Waals surface area contributed by atoms with Crippen LogP contribution in [-0.2, 0) is 13.6 Å². The fourth-order valence-electron chi connectivity index (χ4n) is 1.53. The van der Waals surface area contributed by atoms with Crippen molar-refractivity contribution in [3.63, 3.8) is 0 Å². The van der Waals surface area contributed by atoms with Crippen molar-refractivity contribution in [2.24, 2.45) is 7.05 Å². The minimum atomic E-state index is 0.596. The third-order valence-corrected chi connectivity index (χ3v) is 2.69. The molecule has 4 nitrogen and oxygen atoms in total. The van der Waals surface area contributed by atoms with Crippen molar-refractivity contribution in [2.75, 3.05) is 12.4 Å². The first-order valence-corrected chi connectivity index (χ1v) is 5.63. The van der Waals surface area contributed by atoms with Gasteiger partial charge in [0.15, 0.2) is 0 Å². The van der Waals surface area contributed by atoms with Gasteiger partial charge in [0.1, 0.15) is 5.75 Å². The van der Waals surface area contributed by atoms with Crippen LogP contribution >= 0.6 is 11.6 Å². The molecule has 1 heterocycles. The molecule has 0 unspecified atom stereocenters. The van der Waals surface area contributed by atoms with Gasteiger partial charge in [0.25, 0.3) is 0 Å². The molecule has 17 heavy (non-hydrogen) atoms. The topological polar surface area (TPSA) is 39.1 Å². The highest BCUT2D eigenvalue weighted by Crippen LogP contribution is 2.27. The quantitative estimate of drug-likeness (QED) is 0.908. The predicted octanol–water partition coefficient (Wildman–Crippen LogP) is 2.69. The van der Waals surface area contributed by atoms with Gasteiger partial charge in [-0.05, 0) is 24.3 Å². The molecule has 0 amide bonds. The second-order valence-corrected chi connectivity index (χ2v) is 4.09. The Morgan fingerprint density at radius 3 is 2.82 bits per heavy atom. The summed E-state index contributed by atoms with van der Waals surface area (Å²) in [6, 6.07) is 7.57. The normalized spacial score (nSPS) is 10.3. The van der Waals surface area contributed by atoms with Gasteiger partial charge in [-0.3, -0.25) is 4.68 Å². The molecule has 0 aliphatic heterocycles. The van der Waals surface area contributed by atoms with Crippen molar-refractivity contribution in [1.82, 2.24) is 9.78 Å². The minimum Gasteiger partial charge on any atom is -0.495 e. The molecule has 1 aromatic heterocycles. The fraction of sp³-hybridized carbons (Fsp3) is 0.250. The van der Waals surface area contributed by atoms with Crippen molar-refractivity contribution < 1.29 is 4.74 Å². The highest BCUT2D eigenvalue weighted by molar-refractivity contribution is 6.32. The molecule has 1 N–H and O–H groups in total. The van der Waals surface area contributed by atoms with Crippen molar-refractivity contribution in [3.05, 3.63) is 41.2 Å². The van der Waals surface area contributed by atoms with Crippen LogP contribution in [0.3, 0.4) is 0 Å². The Morgan fingerprint density at radius 2 is 2.24 bits per heavy atom. The van der Waals surface area contributed by atoms with Crippen molar-refractivity contribution in [2.45, 2.75) is 6.54 Å². The average Bonchev–Trinajstić information content (AvgIpc) is 2.73. The molecule has 0 aliphatic rings. The summed E-state index contributed by atoms with van der Waals surface area (Å²) in [6.45, 7) is 0.670. The number of ether oxygens (including phenoxy) is 1. The molecule has 5 heteroatoms. The molecule has 0 saturated heterocycles. The zero-order valence-electron chi connectivity index (χ0n) is 9.77. The van der Waals surface area contributed by atoms with E-state index in [0.29, 0.717) is 17.3 Å². The van der Waals surface area contributed by atoms with Crippen LogP contribution in [0.15, 0.2) is 30.5 Å². The van der Waals surface area contributed by atoms with Crippen LogP contribution in [0.2, 0.25) is 5.02 Å². The first-order chi connectivity index (χ1) is 8.19. The Morgan fingerprint density at radius 1 is 1.41 bits per heavy atom. The van der Waals surface area contributed by atoms with Crippen LogP contribution in [0.1, 0.15) is 5.69 Å². The largest absolute Gasteiger partial charge is 0.495 e. The number of anilines is 1. The maximum absolute atomic E-state index is 6.03. The SMILES string of the molecule is COc1ccc(NCc2ccn(C)n2)cc1Cl. The molecular weight excluding hydrogens is 238 g/mol. The molecule has 0 radical (unpaired) electrons. The number of benzene rings is 1. The third kappa shape index (κ3) is 2.91. The Balaban J connectivity index is 2.02. The number of aryl methyl sites for hydroxylation is 1. The third-order valence-electron chi connectivity index (χ3n) is 2.39. The number of halogens is 1. The van der Waals surface area contributed by atoms with Crippen LogP contribution in [0.4, 0.5) is 5.69 Å². The smallest absolute Gasteiger partial charge is 0.137 e. The summed E-state index contributed by atoms with van der Waals surface area (Å²) in [7, 11) is 3.50. The van der Waals surface area contributed by atoms with Gasteiger partial charge in [-0.15, -0.1) is 0 Å². The molecule has 2 aromatic rings. The van der Waals surface area contributed by atoms with Gasteiger partial charge in [-0.2, -0.15) is 5.10 Å². The second kappa shape index (κ2) is 5.10. The lowest BCUT2D eigenvalue weighted by Crippen LogP contribution is -2.01. The van der Waals surface area contributed by atoms with E-state index in [9.17, 15) is 0 Å². The molecule has 0 spiro atoms. The summed E-state index contributed by atoms with van der Waals surface area (Å²) in [5, 5.41) is 8.12. The number of aromatic nitrogens is 2. The van der Waals surface area contributed by atoms with Gasteiger partial charge in [0, 0.05) is 18.9 Å². The standard InChI is InChI=1S/C12H14ClN3O/c1-16-6-5-10(15-16)8-14-9-3-4-12(17-2)11(13)7-9/h3-7,14H,8H2,1-2H3. The lowest BCUT2D eigenvalue weighted by molar-refractivity contribution is 0.415. The van der Waals surface area contributed by atoms with Gasteiger partial charge in [-0.25, -0.2) is 0 Å². The van der Waals surface area contributed by atoms with Crippen LogP contribution in [0.25, 0.3) is 0 Å². The number of methoxy groups -OCH3 is 1. The highest BCUT2D eigenvalue weighted by atomic mass is 35.5. The maximum atomic E-state index is 6.03. The summed E-state index contributed by atoms with van der Waals surface area (Å²) < 4.78 is 6.87. The first kappa shape index (κ1) is 11.8. The number of hydrogen-bond acceptors (Lipinski definition) is 3. The second-order valence-electron chi connectivity index (χ2n) is 3.68. The van der Waals surface area contributed by atoms with E-state index in [-0.39, 0.29) is 0 Å². The molecule has 0 aliphatic carbocycles. The molecule has 0 saturated carbocycles. The van der Waals surface area contributed by atoms with E-state index in [1.54, 1.807) is 11.8 Å². The Labute approximate surface area is 105 Å². The fourth-order valence-corrected chi connectivity index (χ4v) is 1.78. The van der Waals surface area contributed by atoms with Crippen LogP contribution in [0.5, 0.6) is 5.75 Å². The minimum absolute atomic E-state index is 0.596. The van der Waals surface area contributed by atoms with Crippen molar-refractivity contribution in [3.8, 4) is 5.75 Å². The molecule has 90 valence electrons. The summed E-state index contributed by atoms with van der Waals surface area (Å²) in [5.74, 6) is 0.676. The lowest BCUT2D eigenvalue weighted by atomic mass is 10.3. The zero-order chi connectivity index (χ0) is 12.3. The Bertz CT molecular complexity index is 510. The van der Waals surface area contributed by atoms with Crippen molar-refractivity contribution >= 4 is 17.3 Å². The van der Waals surface area contributed by atoms with E-state index in [4.69, 9.17) is 16.3 Å². The first-order valence-electron chi connectivity index (χ1n) is 5.25. The lowest BCUT2D eigenvalue weighted by Gasteiger charge is -2.07. The van der Waals surface area contributed by atoms with E-state index in [1.807, 2.05) is 37.5 Å². The Kier molecular flexibility index (Phi) is 3.54. The van der Waals surface area contributed by atoms with Crippen LogP contribution in [-0.4, -0.2) is 16.9 Å². The molecule has 0 fully saturated rings. The van der Waals surface area contributed by atoms with Gasteiger partial charge in [-0.1, -0.05) is 11.6 Å². The van der Waals surface area contributed by atoms with Gasteiger partial charge in [0.05, 0.1) is 24.4 Å². The molecule has 0 bridgehead atoms. The van der Waals surface area contributed by atoms with Gasteiger partial charge < -0.3 is 10.1 Å². The number of hydrogen-bond donors (Lipinski definition) is 1. The summed E-state index contributed by atoms with van der Waals surface area (Å²) in [5.41, 5.74) is 1.93. The number of rotatable bonds is 4.